The second-order valence-electron chi connectivity index (χ2n) is 7.96. The van der Waals surface area contributed by atoms with E-state index >= 15 is 0 Å². The molecule has 0 unspecified atom stereocenters. The Balaban J connectivity index is 1.63. The molecule has 2 N–H and O–H groups in total. The number of hydrogen-bond acceptors (Lipinski definition) is 5. The molecule has 7 nitrogen and oxygen atoms in total. The average Bonchev–Trinajstić information content (AvgIpc) is 2.85. The van der Waals surface area contributed by atoms with Crippen LogP contribution in [0.1, 0.15) is 27.8 Å². The van der Waals surface area contributed by atoms with Gasteiger partial charge in [-0.3, -0.25) is 9.59 Å². The van der Waals surface area contributed by atoms with Gasteiger partial charge in [0.05, 0.1) is 18.9 Å². The van der Waals surface area contributed by atoms with Crippen LogP contribution in [0.3, 0.4) is 0 Å². The Morgan fingerprint density at radius 1 is 1.03 bits per heavy atom. The van der Waals surface area contributed by atoms with Crippen molar-refractivity contribution in [3.63, 3.8) is 0 Å². The number of anilines is 1. The van der Waals surface area contributed by atoms with Crippen molar-refractivity contribution in [2.45, 2.75) is 26.6 Å². The zero-order valence-electron chi connectivity index (χ0n) is 20.1. The number of rotatable bonds is 7. The van der Waals surface area contributed by atoms with Crippen LogP contribution in [0.4, 0.5) is 18.9 Å². The summed E-state index contributed by atoms with van der Waals surface area (Å²) >= 11 is 6.20. The average molecular weight is 534 g/mol. The minimum absolute atomic E-state index is 0.176. The summed E-state index contributed by atoms with van der Waals surface area (Å²) in [5.41, 5.74) is 3.95. The van der Waals surface area contributed by atoms with Crippen LogP contribution in [-0.4, -0.2) is 25.1 Å². The molecule has 0 radical (unpaired) electrons. The van der Waals surface area contributed by atoms with Gasteiger partial charge in [-0.1, -0.05) is 17.7 Å². The van der Waals surface area contributed by atoms with Gasteiger partial charge in [0.2, 0.25) is 0 Å². The van der Waals surface area contributed by atoms with E-state index in [1.807, 2.05) is 31.4 Å². The van der Waals surface area contributed by atoms with E-state index in [4.69, 9.17) is 21.1 Å². The Bertz CT molecular complexity index is 1320. The zero-order chi connectivity index (χ0) is 27.2. The molecule has 3 aromatic rings. The highest BCUT2D eigenvalue weighted by Crippen LogP contribution is 2.31. The van der Waals surface area contributed by atoms with Gasteiger partial charge < -0.3 is 14.8 Å². The van der Waals surface area contributed by atoms with Gasteiger partial charge >= 0.3 is 18.0 Å². The number of aryl methyl sites for hydroxylation is 2. The maximum Gasteiger partial charge on any atom is 0.416 e. The summed E-state index contributed by atoms with van der Waals surface area (Å²) in [4.78, 5) is 24.0. The van der Waals surface area contributed by atoms with Crippen LogP contribution in [0.25, 0.3) is 0 Å². The van der Waals surface area contributed by atoms with Crippen LogP contribution in [0.15, 0.2) is 59.7 Å². The highest BCUT2D eigenvalue weighted by Gasteiger charge is 2.30. The fourth-order valence-corrected chi connectivity index (χ4v) is 3.43. The third-order valence-electron chi connectivity index (χ3n) is 5.14. The lowest BCUT2D eigenvalue weighted by molar-refractivity contribution is -0.137. The molecule has 0 heterocycles. The number of methoxy groups -OCH3 is 1. The third-order valence-corrected chi connectivity index (χ3v) is 5.74. The van der Waals surface area contributed by atoms with E-state index in [0.29, 0.717) is 27.6 Å². The zero-order valence-corrected chi connectivity index (χ0v) is 20.8. The summed E-state index contributed by atoms with van der Waals surface area (Å²) in [6.45, 7) is 3.94. The van der Waals surface area contributed by atoms with Crippen molar-refractivity contribution in [3.05, 3.63) is 87.4 Å². The van der Waals surface area contributed by atoms with Gasteiger partial charge in [-0.25, -0.2) is 5.43 Å². The fraction of sp³-hybridized carbons (Fsp3) is 0.192. The van der Waals surface area contributed by atoms with Crippen molar-refractivity contribution in [3.8, 4) is 11.5 Å². The molecule has 0 aliphatic carbocycles. The monoisotopic (exact) mass is 533 g/mol. The lowest BCUT2D eigenvalue weighted by Crippen LogP contribution is -2.32. The molecule has 2 amide bonds. The standard InChI is InChI=1S/C26H23ClF3N3O4/c1-15-9-21(10-16(2)23(15)27)37-14-18-11-17(7-8-22(18)36-3)13-31-33-25(35)24(34)32-20-6-4-5-19(12-20)26(28,29)30/h4-13H,14H2,1-3H3,(H,32,34)(H,33,35)/b31-13+. The predicted molar refractivity (Wildman–Crippen MR) is 134 cm³/mol. The SMILES string of the molecule is COc1ccc(/C=N/NC(=O)C(=O)Nc2cccc(C(F)(F)F)c2)cc1COc1cc(C)c(Cl)c(C)c1. The first-order valence-electron chi connectivity index (χ1n) is 10.9. The maximum absolute atomic E-state index is 12.8. The Morgan fingerprint density at radius 2 is 1.73 bits per heavy atom. The van der Waals surface area contributed by atoms with E-state index in [1.165, 1.54) is 19.4 Å². The molecular weight excluding hydrogens is 511 g/mol. The van der Waals surface area contributed by atoms with Gasteiger partial charge in [0.15, 0.2) is 0 Å². The number of benzene rings is 3. The molecule has 194 valence electrons. The molecule has 0 bridgehead atoms. The number of nitrogens with one attached hydrogen (secondary N) is 2. The first kappa shape index (κ1) is 27.5. The van der Waals surface area contributed by atoms with E-state index < -0.39 is 23.6 Å². The summed E-state index contributed by atoms with van der Waals surface area (Å²) < 4.78 is 49.7. The van der Waals surface area contributed by atoms with E-state index in [9.17, 15) is 22.8 Å². The van der Waals surface area contributed by atoms with E-state index in [-0.39, 0.29) is 12.3 Å². The highest BCUT2D eigenvalue weighted by molar-refractivity contribution is 6.39. The van der Waals surface area contributed by atoms with Crippen LogP contribution in [0.2, 0.25) is 5.02 Å². The van der Waals surface area contributed by atoms with Gasteiger partial charge in [0.1, 0.15) is 18.1 Å². The Morgan fingerprint density at radius 3 is 2.38 bits per heavy atom. The molecular formula is C26H23ClF3N3O4. The molecule has 3 rings (SSSR count). The van der Waals surface area contributed by atoms with Gasteiger partial charge in [-0.2, -0.15) is 18.3 Å². The van der Waals surface area contributed by atoms with Crippen molar-refractivity contribution < 1.29 is 32.2 Å². The van der Waals surface area contributed by atoms with Gasteiger partial charge in [-0.05, 0) is 79.1 Å². The second kappa shape index (κ2) is 11.8. The second-order valence-corrected chi connectivity index (χ2v) is 8.34. The normalized spacial score (nSPS) is 11.3. The molecule has 0 saturated carbocycles. The Kier molecular flexibility index (Phi) is 8.77. The maximum atomic E-state index is 12.8. The lowest BCUT2D eigenvalue weighted by atomic mass is 10.1. The summed E-state index contributed by atoms with van der Waals surface area (Å²) in [5, 5.41) is 6.53. The number of ether oxygens (including phenoxy) is 2. The largest absolute Gasteiger partial charge is 0.496 e. The molecule has 0 fully saturated rings. The Hall–Kier alpha value is -4.05. The van der Waals surface area contributed by atoms with Gasteiger partial charge in [0, 0.05) is 16.3 Å². The van der Waals surface area contributed by atoms with Crippen molar-refractivity contribution in [1.29, 1.82) is 0 Å². The number of amides is 2. The van der Waals surface area contributed by atoms with Gasteiger partial charge in [-0.15, -0.1) is 0 Å². The number of carbonyl (C=O) groups is 2. The summed E-state index contributed by atoms with van der Waals surface area (Å²) in [7, 11) is 1.52. The van der Waals surface area contributed by atoms with Crippen LogP contribution >= 0.6 is 11.6 Å². The van der Waals surface area contributed by atoms with Crippen LogP contribution < -0.4 is 20.2 Å². The van der Waals surface area contributed by atoms with E-state index in [0.717, 1.165) is 29.3 Å². The first-order valence-corrected chi connectivity index (χ1v) is 11.2. The fourth-order valence-electron chi connectivity index (χ4n) is 3.32. The van der Waals surface area contributed by atoms with Crippen molar-refractivity contribution >= 4 is 35.3 Å². The predicted octanol–water partition coefficient (Wildman–Crippen LogP) is 5.65. The topological polar surface area (TPSA) is 89.0 Å². The molecule has 0 aromatic heterocycles. The molecule has 0 saturated heterocycles. The summed E-state index contributed by atoms with van der Waals surface area (Å²) in [6.07, 6.45) is -3.28. The number of hydrazone groups is 1. The van der Waals surface area contributed by atoms with Crippen LogP contribution in [0, 0.1) is 13.8 Å². The number of alkyl halides is 3. The third kappa shape index (κ3) is 7.47. The molecule has 0 atom stereocenters. The van der Waals surface area contributed by atoms with Crippen molar-refractivity contribution in [1.82, 2.24) is 5.43 Å². The van der Waals surface area contributed by atoms with Crippen LogP contribution in [0.5, 0.6) is 11.5 Å². The molecule has 3 aromatic carbocycles. The van der Waals surface area contributed by atoms with Crippen molar-refractivity contribution in [2.75, 3.05) is 12.4 Å². The van der Waals surface area contributed by atoms with Crippen LogP contribution in [-0.2, 0) is 22.4 Å². The summed E-state index contributed by atoms with van der Waals surface area (Å²) in [5.74, 6) is -1.11. The summed E-state index contributed by atoms with van der Waals surface area (Å²) in [6, 6.07) is 12.7. The number of nitrogens with zero attached hydrogens (tertiary/aromatic N) is 1. The lowest BCUT2D eigenvalue weighted by Gasteiger charge is -2.13. The Labute approximate surface area is 216 Å². The molecule has 11 heteroatoms. The van der Waals surface area contributed by atoms with E-state index in [2.05, 4.69) is 10.4 Å². The number of hydrogen-bond donors (Lipinski definition) is 2. The first-order chi connectivity index (χ1) is 17.5. The van der Waals surface area contributed by atoms with Gasteiger partial charge in [0.25, 0.3) is 0 Å². The smallest absolute Gasteiger partial charge is 0.416 e. The number of carbonyl (C=O) groups excluding carboxylic acids is 2. The number of halogens is 4. The highest BCUT2D eigenvalue weighted by atomic mass is 35.5. The van der Waals surface area contributed by atoms with Crippen molar-refractivity contribution in [2.24, 2.45) is 5.10 Å². The molecule has 0 aliphatic rings. The quantitative estimate of drug-likeness (QED) is 0.233. The molecule has 0 aliphatic heterocycles. The molecule has 37 heavy (non-hydrogen) atoms. The van der Waals surface area contributed by atoms with E-state index in [1.54, 1.807) is 18.2 Å². The molecule has 0 spiro atoms. The minimum atomic E-state index is -4.58. The minimum Gasteiger partial charge on any atom is -0.496 e.